The van der Waals surface area contributed by atoms with Crippen molar-refractivity contribution in [2.75, 3.05) is 10.6 Å². The number of nitrogens with zero attached hydrogens (tertiary/aromatic N) is 2. The molecule has 6 nitrogen and oxygen atoms in total. The van der Waals surface area contributed by atoms with Crippen molar-refractivity contribution in [3.05, 3.63) is 57.5 Å². The zero-order chi connectivity index (χ0) is 18.7. The summed E-state index contributed by atoms with van der Waals surface area (Å²) in [6, 6.07) is 3.31. The maximum atomic E-state index is 13.2. The third-order valence-corrected chi connectivity index (χ3v) is 4.76. The van der Waals surface area contributed by atoms with Gasteiger partial charge in [-0.3, -0.25) is 14.9 Å². The van der Waals surface area contributed by atoms with Gasteiger partial charge in [0.25, 0.3) is 5.91 Å². The second kappa shape index (κ2) is 7.67. The Kier molecular flexibility index (Phi) is 5.33. The molecule has 10 heteroatoms. The Balaban J connectivity index is 1.65. The highest BCUT2D eigenvalue weighted by atomic mass is 32.1. The molecule has 134 valence electrons. The second-order valence-electron chi connectivity index (χ2n) is 5.26. The van der Waals surface area contributed by atoms with E-state index in [0.717, 1.165) is 22.3 Å². The average Bonchev–Trinajstić information content (AvgIpc) is 3.15. The van der Waals surface area contributed by atoms with E-state index in [1.165, 1.54) is 42.0 Å². The minimum atomic E-state index is -0.642. The summed E-state index contributed by atoms with van der Waals surface area (Å²) in [5.41, 5.74) is 0.631. The van der Waals surface area contributed by atoms with E-state index in [2.05, 4.69) is 20.6 Å². The standard InChI is InChI=1S/C16H12F2N4O2S2/c1-8(23)20-16-21-13(7-25-16)14(24)22-15-19-6-12(26-15)4-9-2-10(17)5-11(18)3-9/h2-3,5-7H,4H2,1H3,(H,19,22,24)(H,20,21,23). The van der Waals surface area contributed by atoms with Gasteiger partial charge in [-0.05, 0) is 17.7 Å². The lowest BCUT2D eigenvalue weighted by molar-refractivity contribution is -0.114. The van der Waals surface area contributed by atoms with Crippen molar-refractivity contribution in [1.82, 2.24) is 9.97 Å². The van der Waals surface area contributed by atoms with Crippen molar-refractivity contribution < 1.29 is 18.4 Å². The van der Waals surface area contributed by atoms with E-state index in [9.17, 15) is 18.4 Å². The van der Waals surface area contributed by atoms with Crippen LogP contribution in [-0.4, -0.2) is 21.8 Å². The predicted molar refractivity (Wildman–Crippen MR) is 95.6 cm³/mol. The number of halogens is 2. The van der Waals surface area contributed by atoms with Crippen molar-refractivity contribution in [3.8, 4) is 0 Å². The molecule has 0 radical (unpaired) electrons. The molecule has 2 amide bonds. The normalized spacial score (nSPS) is 10.6. The molecule has 0 atom stereocenters. The van der Waals surface area contributed by atoms with Crippen LogP contribution in [0.3, 0.4) is 0 Å². The number of anilines is 2. The first-order valence-electron chi connectivity index (χ1n) is 7.33. The number of rotatable bonds is 5. The van der Waals surface area contributed by atoms with Gasteiger partial charge >= 0.3 is 0 Å². The minimum Gasteiger partial charge on any atom is -0.302 e. The van der Waals surface area contributed by atoms with E-state index in [-0.39, 0.29) is 11.6 Å². The van der Waals surface area contributed by atoms with Crippen LogP contribution in [0, 0.1) is 11.6 Å². The van der Waals surface area contributed by atoms with Crippen LogP contribution in [-0.2, 0) is 11.2 Å². The molecule has 3 aromatic rings. The monoisotopic (exact) mass is 394 g/mol. The number of carbonyl (C=O) groups is 2. The molecule has 0 unspecified atom stereocenters. The first-order chi connectivity index (χ1) is 12.4. The van der Waals surface area contributed by atoms with Crippen LogP contribution >= 0.6 is 22.7 Å². The summed E-state index contributed by atoms with van der Waals surface area (Å²) in [5, 5.41) is 7.30. The van der Waals surface area contributed by atoms with Crippen LogP contribution in [0.5, 0.6) is 0 Å². The summed E-state index contributed by atoms with van der Waals surface area (Å²) < 4.78 is 26.5. The third kappa shape index (κ3) is 4.67. The Bertz CT molecular complexity index is 951. The number of aromatic nitrogens is 2. The number of hydrogen-bond acceptors (Lipinski definition) is 6. The van der Waals surface area contributed by atoms with Crippen LogP contribution < -0.4 is 10.6 Å². The number of hydrogen-bond donors (Lipinski definition) is 2. The molecule has 3 rings (SSSR count). The van der Waals surface area contributed by atoms with Crippen LogP contribution in [0.1, 0.15) is 27.9 Å². The van der Waals surface area contributed by atoms with Gasteiger partial charge in [0, 0.05) is 35.9 Å². The number of nitrogens with one attached hydrogen (secondary N) is 2. The van der Waals surface area contributed by atoms with Gasteiger partial charge in [-0.1, -0.05) is 0 Å². The average molecular weight is 394 g/mol. The van der Waals surface area contributed by atoms with E-state index in [0.29, 0.717) is 22.2 Å². The molecule has 1 aromatic carbocycles. The summed E-state index contributed by atoms with van der Waals surface area (Å²) >= 11 is 2.33. The fourth-order valence-electron chi connectivity index (χ4n) is 2.11. The quantitative estimate of drug-likeness (QED) is 0.691. The first kappa shape index (κ1) is 18.1. The lowest BCUT2D eigenvalue weighted by atomic mass is 10.1. The summed E-state index contributed by atoms with van der Waals surface area (Å²) in [4.78, 5) is 32.0. The number of carbonyl (C=O) groups excluding carboxylic acids is 2. The van der Waals surface area contributed by atoms with E-state index < -0.39 is 17.5 Å². The van der Waals surface area contributed by atoms with Gasteiger partial charge in [0.1, 0.15) is 17.3 Å². The molecular formula is C16H12F2N4O2S2. The SMILES string of the molecule is CC(=O)Nc1nc(C(=O)Nc2ncc(Cc3cc(F)cc(F)c3)s2)cs1. The summed E-state index contributed by atoms with van der Waals surface area (Å²) in [5.74, 6) is -2.02. The summed E-state index contributed by atoms with van der Waals surface area (Å²) in [6.45, 7) is 1.35. The van der Waals surface area contributed by atoms with Gasteiger partial charge in [-0.25, -0.2) is 18.7 Å². The summed E-state index contributed by atoms with van der Waals surface area (Å²) in [6.07, 6.45) is 1.83. The van der Waals surface area contributed by atoms with E-state index in [1.54, 1.807) is 0 Å². The number of thiazole rings is 2. The Morgan fingerprint density at radius 3 is 2.54 bits per heavy atom. The van der Waals surface area contributed by atoms with E-state index in [1.807, 2.05) is 0 Å². The Morgan fingerprint density at radius 1 is 1.12 bits per heavy atom. The van der Waals surface area contributed by atoms with Crippen LogP contribution in [0.15, 0.2) is 29.8 Å². The maximum absolute atomic E-state index is 13.2. The molecule has 0 bridgehead atoms. The Labute approximate surface area is 154 Å². The first-order valence-corrected chi connectivity index (χ1v) is 9.03. The van der Waals surface area contributed by atoms with Gasteiger partial charge in [0.05, 0.1) is 0 Å². The van der Waals surface area contributed by atoms with Gasteiger partial charge in [0.2, 0.25) is 5.91 Å². The zero-order valence-electron chi connectivity index (χ0n) is 13.4. The molecule has 0 fully saturated rings. The molecule has 2 aromatic heterocycles. The second-order valence-corrected chi connectivity index (χ2v) is 7.23. The molecule has 2 heterocycles. The van der Waals surface area contributed by atoms with Crippen LogP contribution in [0.2, 0.25) is 0 Å². The zero-order valence-corrected chi connectivity index (χ0v) is 15.0. The Hall–Kier alpha value is -2.72. The molecule has 0 aliphatic heterocycles. The Morgan fingerprint density at radius 2 is 1.85 bits per heavy atom. The maximum Gasteiger partial charge on any atom is 0.276 e. The van der Waals surface area contributed by atoms with Gasteiger partial charge in [-0.2, -0.15) is 0 Å². The molecule has 26 heavy (non-hydrogen) atoms. The smallest absolute Gasteiger partial charge is 0.276 e. The number of amides is 2. The third-order valence-electron chi connectivity index (χ3n) is 3.09. The predicted octanol–water partition coefficient (Wildman–Crippen LogP) is 3.68. The molecule has 0 saturated heterocycles. The number of benzene rings is 1. The molecular weight excluding hydrogens is 382 g/mol. The summed E-state index contributed by atoms with van der Waals surface area (Å²) in [7, 11) is 0. The van der Waals surface area contributed by atoms with Crippen LogP contribution in [0.4, 0.5) is 19.0 Å². The molecule has 2 N–H and O–H groups in total. The molecule has 0 saturated carbocycles. The largest absolute Gasteiger partial charge is 0.302 e. The lowest BCUT2D eigenvalue weighted by Crippen LogP contribution is -2.12. The van der Waals surface area contributed by atoms with Gasteiger partial charge in [-0.15, -0.1) is 22.7 Å². The lowest BCUT2D eigenvalue weighted by Gasteiger charge is -2.00. The van der Waals surface area contributed by atoms with Crippen molar-refractivity contribution in [2.24, 2.45) is 0 Å². The van der Waals surface area contributed by atoms with Crippen molar-refractivity contribution in [3.63, 3.8) is 0 Å². The highest BCUT2D eigenvalue weighted by molar-refractivity contribution is 7.15. The van der Waals surface area contributed by atoms with Gasteiger partial charge in [0.15, 0.2) is 10.3 Å². The fraction of sp³-hybridized carbons (Fsp3) is 0.125. The molecule has 0 aliphatic rings. The fourth-order valence-corrected chi connectivity index (χ4v) is 3.69. The van der Waals surface area contributed by atoms with Gasteiger partial charge < -0.3 is 5.32 Å². The topological polar surface area (TPSA) is 84.0 Å². The van der Waals surface area contributed by atoms with Crippen LogP contribution in [0.25, 0.3) is 0 Å². The van der Waals surface area contributed by atoms with E-state index in [4.69, 9.17) is 0 Å². The highest BCUT2D eigenvalue weighted by Gasteiger charge is 2.14. The van der Waals surface area contributed by atoms with E-state index >= 15 is 0 Å². The van der Waals surface area contributed by atoms with Crippen molar-refractivity contribution in [1.29, 1.82) is 0 Å². The highest BCUT2D eigenvalue weighted by Crippen LogP contribution is 2.23. The van der Waals surface area contributed by atoms with Crippen molar-refractivity contribution in [2.45, 2.75) is 13.3 Å². The molecule has 0 spiro atoms. The minimum absolute atomic E-state index is 0.155. The molecule has 0 aliphatic carbocycles. The van der Waals surface area contributed by atoms with Crippen molar-refractivity contribution >= 4 is 44.8 Å².